The number of likely N-dealkylation sites (tertiary alicyclic amines) is 1. The zero-order valence-electron chi connectivity index (χ0n) is 19.0. The average molecular weight is 515 g/mol. The van der Waals surface area contributed by atoms with Crippen LogP contribution in [0.25, 0.3) is 5.57 Å². The summed E-state index contributed by atoms with van der Waals surface area (Å²) < 4.78 is 6.13. The van der Waals surface area contributed by atoms with Gasteiger partial charge in [0.2, 0.25) is 0 Å². The van der Waals surface area contributed by atoms with Crippen LogP contribution in [0.3, 0.4) is 0 Å². The van der Waals surface area contributed by atoms with Gasteiger partial charge in [-0.15, -0.1) is 0 Å². The summed E-state index contributed by atoms with van der Waals surface area (Å²) in [5, 5.41) is 13.7. The van der Waals surface area contributed by atoms with Crippen molar-refractivity contribution in [1.82, 2.24) is 9.88 Å². The van der Waals surface area contributed by atoms with Crippen LogP contribution in [0.4, 0.5) is 10.5 Å². The predicted octanol–water partition coefficient (Wildman–Crippen LogP) is 4.46. The fourth-order valence-corrected chi connectivity index (χ4v) is 5.17. The van der Waals surface area contributed by atoms with Gasteiger partial charge in [0.25, 0.3) is 0 Å². The summed E-state index contributed by atoms with van der Waals surface area (Å²) in [5.41, 5.74) is 13.6. The molecule has 0 unspecified atom stereocenters. The van der Waals surface area contributed by atoms with Gasteiger partial charge in [0.1, 0.15) is 5.75 Å². The number of carbonyl (C=O) groups is 1. The predicted molar refractivity (Wildman–Crippen MR) is 133 cm³/mol. The summed E-state index contributed by atoms with van der Waals surface area (Å²) in [5.74, 6) is 0.275. The number of aryl methyl sites for hydroxylation is 1. The number of phenolic OH excluding ortho intramolecular Hbond substituents is 1. The van der Waals surface area contributed by atoms with Gasteiger partial charge in [-0.05, 0) is 84.8 Å². The van der Waals surface area contributed by atoms with Crippen molar-refractivity contribution in [2.24, 2.45) is 5.73 Å². The normalized spacial score (nSPS) is 15.5. The van der Waals surface area contributed by atoms with Crippen LogP contribution in [0.1, 0.15) is 48.6 Å². The first-order valence-corrected chi connectivity index (χ1v) is 12.4. The van der Waals surface area contributed by atoms with Crippen molar-refractivity contribution in [3.63, 3.8) is 0 Å². The molecule has 4 rings (SSSR count). The molecular weight excluding hydrogens is 484 g/mol. The number of nitrogens with zero attached hydrogens (tertiary/aromatic N) is 2. The fourth-order valence-electron chi connectivity index (χ4n) is 4.69. The molecule has 176 valence electrons. The third-order valence-corrected chi connectivity index (χ3v) is 6.90. The highest BCUT2D eigenvalue weighted by molar-refractivity contribution is 9.10. The van der Waals surface area contributed by atoms with Gasteiger partial charge in [0, 0.05) is 37.0 Å². The lowest BCUT2D eigenvalue weighted by Crippen LogP contribution is -2.37. The maximum absolute atomic E-state index is 12.2. The second-order valence-corrected chi connectivity index (χ2v) is 9.24. The number of rotatable bonds is 5. The zero-order chi connectivity index (χ0) is 23.4. The summed E-state index contributed by atoms with van der Waals surface area (Å²) in [6.45, 7) is 4.88. The lowest BCUT2D eigenvalue weighted by atomic mass is 9.88. The molecule has 0 radical (unpaired) electrons. The Balaban J connectivity index is 1.79. The highest BCUT2D eigenvalue weighted by Gasteiger charge is 2.28. The first kappa shape index (κ1) is 23.6. The Hall–Kier alpha value is -2.58. The van der Waals surface area contributed by atoms with Crippen LogP contribution in [0.5, 0.6) is 5.75 Å². The fraction of sp³-hybridized carbons (Fsp3) is 0.440. The Morgan fingerprint density at radius 1 is 1.27 bits per heavy atom. The van der Waals surface area contributed by atoms with E-state index in [1.165, 1.54) is 11.1 Å². The molecule has 1 aliphatic carbocycles. The standard InChI is InChI=1S/C25H31BrN4O3/c1-2-33-25(32)30-12-8-16(9-13-30)22-19-7-5-18(31)14-17(19)4-6-20-23(28-11-3-10-27)21(26)15-29-24(20)22/h5,7,14-15,31H,2-4,6,8-13,27H2,1H3,(H,28,29). The van der Waals surface area contributed by atoms with Gasteiger partial charge < -0.3 is 25.8 Å². The molecule has 1 saturated heterocycles. The van der Waals surface area contributed by atoms with E-state index in [-0.39, 0.29) is 11.8 Å². The summed E-state index contributed by atoms with van der Waals surface area (Å²) in [4.78, 5) is 18.9. The molecule has 1 aromatic heterocycles. The van der Waals surface area contributed by atoms with E-state index in [0.29, 0.717) is 26.2 Å². The molecule has 0 bridgehead atoms. The molecule has 2 heterocycles. The molecule has 1 aromatic carbocycles. The van der Waals surface area contributed by atoms with Crippen LogP contribution >= 0.6 is 15.9 Å². The second kappa shape index (κ2) is 10.6. The minimum atomic E-state index is -0.249. The number of anilines is 1. The van der Waals surface area contributed by atoms with Crippen LogP contribution in [-0.4, -0.2) is 53.9 Å². The van der Waals surface area contributed by atoms with Crippen LogP contribution in [0.15, 0.2) is 34.4 Å². The molecule has 0 spiro atoms. The van der Waals surface area contributed by atoms with Gasteiger partial charge in [-0.3, -0.25) is 4.98 Å². The van der Waals surface area contributed by atoms with Crippen molar-refractivity contribution in [3.05, 3.63) is 56.8 Å². The Morgan fingerprint density at radius 3 is 2.79 bits per heavy atom. The van der Waals surface area contributed by atoms with E-state index in [0.717, 1.165) is 71.2 Å². The quantitative estimate of drug-likeness (QED) is 0.509. The molecular formula is C25H31BrN4O3. The largest absolute Gasteiger partial charge is 0.508 e. The summed E-state index contributed by atoms with van der Waals surface area (Å²) in [6.07, 6.45) is 5.66. The number of benzene rings is 1. The lowest BCUT2D eigenvalue weighted by Gasteiger charge is -2.29. The highest BCUT2D eigenvalue weighted by atomic mass is 79.9. The van der Waals surface area contributed by atoms with Gasteiger partial charge in [-0.1, -0.05) is 11.6 Å². The molecule has 8 heteroatoms. The van der Waals surface area contributed by atoms with Crippen molar-refractivity contribution in [1.29, 1.82) is 0 Å². The van der Waals surface area contributed by atoms with E-state index in [9.17, 15) is 9.90 Å². The van der Waals surface area contributed by atoms with E-state index in [2.05, 4.69) is 21.2 Å². The number of nitrogens with two attached hydrogens (primary N) is 1. The van der Waals surface area contributed by atoms with E-state index < -0.39 is 0 Å². The monoisotopic (exact) mass is 514 g/mol. The number of ether oxygens (including phenoxy) is 1. The molecule has 7 nitrogen and oxygen atoms in total. The maximum Gasteiger partial charge on any atom is 0.409 e. The summed E-state index contributed by atoms with van der Waals surface area (Å²) in [6, 6.07) is 5.62. The molecule has 0 atom stereocenters. The van der Waals surface area contributed by atoms with Gasteiger partial charge in [-0.2, -0.15) is 0 Å². The minimum Gasteiger partial charge on any atom is -0.508 e. The molecule has 1 amide bonds. The number of aromatic nitrogens is 1. The number of nitrogens with one attached hydrogen (secondary N) is 1. The number of aromatic hydroxyl groups is 1. The maximum atomic E-state index is 12.2. The van der Waals surface area contributed by atoms with Crippen molar-refractivity contribution in [2.75, 3.05) is 38.1 Å². The van der Waals surface area contributed by atoms with Crippen LogP contribution in [0, 0.1) is 0 Å². The summed E-state index contributed by atoms with van der Waals surface area (Å²) >= 11 is 3.68. The third kappa shape index (κ3) is 5.01. The Labute approximate surface area is 203 Å². The molecule has 2 aliphatic rings. The number of hydrogen-bond donors (Lipinski definition) is 3. The smallest absolute Gasteiger partial charge is 0.409 e. The van der Waals surface area contributed by atoms with E-state index in [4.69, 9.17) is 15.5 Å². The van der Waals surface area contributed by atoms with Crippen LogP contribution in [-0.2, 0) is 17.6 Å². The molecule has 33 heavy (non-hydrogen) atoms. The molecule has 4 N–H and O–H groups in total. The molecule has 1 aliphatic heterocycles. The number of carbonyl (C=O) groups excluding carboxylic acids is 1. The van der Waals surface area contributed by atoms with E-state index >= 15 is 0 Å². The average Bonchev–Trinajstić information content (AvgIpc) is 2.97. The number of fused-ring (bicyclic) bond motifs is 2. The number of amides is 1. The van der Waals surface area contributed by atoms with Crippen molar-refractivity contribution >= 4 is 33.3 Å². The number of piperidine rings is 1. The Kier molecular flexibility index (Phi) is 7.55. The SMILES string of the molecule is CCOC(=O)N1CCC(=C2c3ccc(O)cc3CCc3c2ncc(Br)c3NCCCN)CC1. The Bertz CT molecular complexity index is 1060. The first-order chi connectivity index (χ1) is 16.0. The summed E-state index contributed by atoms with van der Waals surface area (Å²) in [7, 11) is 0. The topological polar surface area (TPSA) is 101 Å². The number of phenols is 1. The molecule has 2 aromatic rings. The van der Waals surface area contributed by atoms with Gasteiger partial charge in [-0.25, -0.2) is 4.79 Å². The molecule has 0 saturated carbocycles. The van der Waals surface area contributed by atoms with Gasteiger partial charge in [0.05, 0.1) is 22.5 Å². The lowest BCUT2D eigenvalue weighted by molar-refractivity contribution is 0.104. The first-order valence-electron chi connectivity index (χ1n) is 11.6. The van der Waals surface area contributed by atoms with Crippen LogP contribution < -0.4 is 11.1 Å². The van der Waals surface area contributed by atoms with Gasteiger partial charge >= 0.3 is 6.09 Å². The molecule has 1 fully saturated rings. The zero-order valence-corrected chi connectivity index (χ0v) is 20.6. The van der Waals surface area contributed by atoms with E-state index in [1.807, 2.05) is 25.3 Å². The van der Waals surface area contributed by atoms with Crippen LogP contribution in [0.2, 0.25) is 0 Å². The van der Waals surface area contributed by atoms with Gasteiger partial charge in [0.15, 0.2) is 0 Å². The third-order valence-electron chi connectivity index (χ3n) is 6.30. The van der Waals surface area contributed by atoms with Crippen molar-refractivity contribution < 1.29 is 14.6 Å². The van der Waals surface area contributed by atoms with Crippen molar-refractivity contribution in [3.8, 4) is 5.75 Å². The second-order valence-electron chi connectivity index (χ2n) is 8.38. The van der Waals surface area contributed by atoms with Crippen molar-refractivity contribution in [2.45, 2.75) is 39.0 Å². The highest BCUT2D eigenvalue weighted by Crippen LogP contribution is 2.42. The number of pyridine rings is 1. The Morgan fingerprint density at radius 2 is 2.06 bits per heavy atom. The minimum absolute atomic E-state index is 0.249. The van der Waals surface area contributed by atoms with E-state index in [1.54, 1.807) is 11.0 Å². The number of halogens is 1. The number of hydrogen-bond acceptors (Lipinski definition) is 6.